The van der Waals surface area contributed by atoms with E-state index in [-0.39, 0.29) is 5.91 Å². The summed E-state index contributed by atoms with van der Waals surface area (Å²) >= 11 is 17.4. The average Bonchev–Trinajstić information content (AvgIpc) is 2.32. The molecule has 0 atom stereocenters. The van der Waals surface area contributed by atoms with Crippen LogP contribution < -0.4 is 5.32 Å². The number of benzene rings is 2. The molecule has 2 rings (SSSR count). The van der Waals surface area contributed by atoms with Gasteiger partial charge in [-0.05, 0) is 74.9 Å². The molecule has 6 heteroatoms. The van der Waals surface area contributed by atoms with E-state index in [4.69, 9.17) is 23.2 Å². The van der Waals surface area contributed by atoms with Crippen LogP contribution in [0, 0.1) is 3.57 Å². The third-order valence-electron chi connectivity index (χ3n) is 2.30. The summed E-state index contributed by atoms with van der Waals surface area (Å²) in [5, 5.41) is 3.65. The quantitative estimate of drug-likeness (QED) is 0.568. The molecule has 0 aromatic heterocycles. The first-order valence-corrected chi connectivity index (χ1v) is 7.81. The van der Waals surface area contributed by atoms with Gasteiger partial charge in [-0.3, -0.25) is 4.79 Å². The number of carbonyl (C=O) groups excluding carboxylic acids is 1. The molecule has 0 aliphatic rings. The Morgan fingerprint density at radius 3 is 2.32 bits per heavy atom. The minimum Gasteiger partial charge on any atom is -0.322 e. The Morgan fingerprint density at radius 2 is 1.74 bits per heavy atom. The van der Waals surface area contributed by atoms with Crippen LogP contribution in [0.2, 0.25) is 10.0 Å². The molecule has 0 saturated heterocycles. The number of halogens is 4. The number of rotatable bonds is 2. The number of nitrogens with one attached hydrogen (secondary N) is 1. The van der Waals surface area contributed by atoms with Crippen molar-refractivity contribution in [2.75, 3.05) is 5.32 Å². The molecule has 0 bridgehead atoms. The molecular weight excluding hydrogens is 464 g/mol. The molecule has 0 heterocycles. The first kappa shape index (κ1) is 15.1. The van der Waals surface area contributed by atoms with Crippen molar-refractivity contribution in [3.8, 4) is 0 Å². The average molecular weight is 471 g/mol. The highest BCUT2D eigenvalue weighted by molar-refractivity contribution is 14.1. The number of amides is 1. The van der Waals surface area contributed by atoms with Crippen LogP contribution in [-0.4, -0.2) is 5.91 Å². The fraction of sp³-hybridized carbons (Fsp3) is 0. The number of hydrogen-bond donors (Lipinski definition) is 1. The maximum atomic E-state index is 12.1. The highest BCUT2D eigenvalue weighted by Crippen LogP contribution is 2.24. The molecule has 0 saturated carbocycles. The third-order valence-corrected chi connectivity index (χ3v) is 5.08. The van der Waals surface area contributed by atoms with E-state index in [1.54, 1.807) is 18.2 Å². The molecular formula is C13H7BrCl2INO. The fourth-order valence-electron chi connectivity index (χ4n) is 1.46. The SMILES string of the molecule is O=C(Nc1ccc(I)c(Br)c1)c1cc(Cl)cc(Cl)c1. The molecule has 0 unspecified atom stereocenters. The summed E-state index contributed by atoms with van der Waals surface area (Å²) in [5.74, 6) is -0.252. The van der Waals surface area contributed by atoms with Gasteiger partial charge in [0.2, 0.25) is 0 Å². The first-order chi connectivity index (χ1) is 8.95. The van der Waals surface area contributed by atoms with Gasteiger partial charge < -0.3 is 5.32 Å². The van der Waals surface area contributed by atoms with E-state index in [9.17, 15) is 4.79 Å². The van der Waals surface area contributed by atoms with Crippen molar-refractivity contribution >= 4 is 73.3 Å². The molecule has 19 heavy (non-hydrogen) atoms. The summed E-state index contributed by atoms with van der Waals surface area (Å²) in [4.78, 5) is 12.1. The van der Waals surface area contributed by atoms with Gasteiger partial charge in [-0.2, -0.15) is 0 Å². The van der Waals surface area contributed by atoms with Gasteiger partial charge in [-0.15, -0.1) is 0 Å². The summed E-state index contributed by atoms with van der Waals surface area (Å²) in [5.41, 5.74) is 1.13. The van der Waals surface area contributed by atoms with Gasteiger partial charge in [-0.25, -0.2) is 0 Å². The second-order valence-electron chi connectivity index (χ2n) is 3.74. The van der Waals surface area contributed by atoms with Crippen LogP contribution in [-0.2, 0) is 0 Å². The van der Waals surface area contributed by atoms with Crippen LogP contribution in [0.5, 0.6) is 0 Å². The zero-order chi connectivity index (χ0) is 14.0. The molecule has 1 N–H and O–H groups in total. The number of anilines is 1. The highest BCUT2D eigenvalue weighted by atomic mass is 127. The molecule has 0 aliphatic carbocycles. The summed E-state index contributed by atoms with van der Waals surface area (Å²) in [6.07, 6.45) is 0. The second kappa shape index (κ2) is 6.43. The van der Waals surface area contributed by atoms with Crippen LogP contribution in [0.15, 0.2) is 40.9 Å². The Labute approximate surface area is 142 Å². The maximum Gasteiger partial charge on any atom is 0.255 e. The van der Waals surface area contributed by atoms with Crippen molar-refractivity contribution in [1.82, 2.24) is 0 Å². The van der Waals surface area contributed by atoms with Crippen LogP contribution in [0.25, 0.3) is 0 Å². The van der Waals surface area contributed by atoms with E-state index in [2.05, 4.69) is 43.8 Å². The van der Waals surface area contributed by atoms with Crippen molar-refractivity contribution in [2.24, 2.45) is 0 Å². The van der Waals surface area contributed by atoms with E-state index in [1.165, 1.54) is 0 Å². The van der Waals surface area contributed by atoms with Crippen molar-refractivity contribution in [1.29, 1.82) is 0 Å². The van der Waals surface area contributed by atoms with Crippen LogP contribution in [0.4, 0.5) is 5.69 Å². The molecule has 0 spiro atoms. The first-order valence-electron chi connectivity index (χ1n) is 5.18. The third kappa shape index (κ3) is 4.08. The zero-order valence-electron chi connectivity index (χ0n) is 9.38. The van der Waals surface area contributed by atoms with Crippen LogP contribution in [0.3, 0.4) is 0 Å². The van der Waals surface area contributed by atoms with E-state index in [0.29, 0.717) is 21.3 Å². The van der Waals surface area contributed by atoms with E-state index < -0.39 is 0 Å². The lowest BCUT2D eigenvalue weighted by molar-refractivity contribution is 0.102. The predicted octanol–water partition coefficient (Wildman–Crippen LogP) is 5.61. The zero-order valence-corrected chi connectivity index (χ0v) is 14.6. The lowest BCUT2D eigenvalue weighted by atomic mass is 10.2. The summed E-state index contributed by atoms with van der Waals surface area (Å²) in [6.45, 7) is 0. The van der Waals surface area contributed by atoms with Gasteiger partial charge in [0.15, 0.2) is 0 Å². The van der Waals surface area contributed by atoms with Crippen molar-refractivity contribution < 1.29 is 4.79 Å². The van der Waals surface area contributed by atoms with Gasteiger partial charge in [0.25, 0.3) is 5.91 Å². The van der Waals surface area contributed by atoms with E-state index in [1.807, 2.05) is 18.2 Å². The molecule has 0 aliphatic heterocycles. The standard InChI is InChI=1S/C13H7BrCl2INO/c14-11-6-10(1-2-12(11)17)18-13(19)7-3-8(15)5-9(16)4-7/h1-6H,(H,18,19). The van der Waals surface area contributed by atoms with E-state index in [0.717, 1.165) is 8.04 Å². The Morgan fingerprint density at radius 1 is 1.11 bits per heavy atom. The Hall–Kier alpha value is -0.300. The highest BCUT2D eigenvalue weighted by Gasteiger charge is 2.09. The van der Waals surface area contributed by atoms with Crippen LogP contribution in [0.1, 0.15) is 10.4 Å². The summed E-state index contributed by atoms with van der Waals surface area (Å²) in [6, 6.07) is 10.3. The Balaban J connectivity index is 2.22. The second-order valence-corrected chi connectivity index (χ2v) is 6.63. The van der Waals surface area contributed by atoms with Gasteiger partial charge >= 0.3 is 0 Å². The lowest BCUT2D eigenvalue weighted by Crippen LogP contribution is -2.11. The molecule has 2 aromatic rings. The molecule has 0 fully saturated rings. The van der Waals surface area contributed by atoms with Gasteiger partial charge in [-0.1, -0.05) is 23.2 Å². The van der Waals surface area contributed by atoms with Crippen molar-refractivity contribution in [2.45, 2.75) is 0 Å². The summed E-state index contributed by atoms with van der Waals surface area (Å²) < 4.78 is 2.00. The van der Waals surface area contributed by atoms with Gasteiger partial charge in [0, 0.05) is 29.3 Å². The molecule has 98 valence electrons. The number of carbonyl (C=O) groups is 1. The molecule has 2 nitrogen and oxygen atoms in total. The topological polar surface area (TPSA) is 29.1 Å². The summed E-state index contributed by atoms with van der Waals surface area (Å²) in [7, 11) is 0. The van der Waals surface area contributed by atoms with Crippen LogP contribution >= 0.6 is 61.7 Å². The molecule has 0 radical (unpaired) electrons. The van der Waals surface area contributed by atoms with Gasteiger partial charge in [0.1, 0.15) is 0 Å². The molecule has 2 aromatic carbocycles. The maximum absolute atomic E-state index is 12.1. The monoisotopic (exact) mass is 469 g/mol. The smallest absolute Gasteiger partial charge is 0.255 e. The van der Waals surface area contributed by atoms with Gasteiger partial charge in [0.05, 0.1) is 0 Å². The Bertz CT molecular complexity index is 628. The van der Waals surface area contributed by atoms with Crippen molar-refractivity contribution in [3.05, 3.63) is 60.0 Å². The normalized spacial score (nSPS) is 10.3. The van der Waals surface area contributed by atoms with Crippen molar-refractivity contribution in [3.63, 3.8) is 0 Å². The van der Waals surface area contributed by atoms with E-state index >= 15 is 0 Å². The minimum atomic E-state index is -0.252. The Kier molecular flexibility index (Phi) is 5.11. The predicted molar refractivity (Wildman–Crippen MR) is 91.3 cm³/mol. The number of hydrogen-bond acceptors (Lipinski definition) is 1. The fourth-order valence-corrected chi connectivity index (χ4v) is 2.70. The lowest BCUT2D eigenvalue weighted by Gasteiger charge is -2.07. The molecule has 1 amide bonds. The largest absolute Gasteiger partial charge is 0.322 e. The minimum absolute atomic E-state index is 0.252.